The maximum absolute atomic E-state index is 12.9. The van der Waals surface area contributed by atoms with Crippen LogP contribution >= 0.6 is 11.6 Å². The zero-order valence-corrected chi connectivity index (χ0v) is 16.4. The number of unbranched alkanes of at least 4 members (excludes halogenated alkanes) is 1. The van der Waals surface area contributed by atoms with E-state index < -0.39 is 0 Å². The van der Waals surface area contributed by atoms with Crippen LogP contribution in [0.3, 0.4) is 0 Å². The summed E-state index contributed by atoms with van der Waals surface area (Å²) in [5.41, 5.74) is 2.39. The minimum absolute atomic E-state index is 0.0499. The lowest BCUT2D eigenvalue weighted by molar-refractivity contribution is -0.115. The highest BCUT2D eigenvalue weighted by atomic mass is 35.5. The third-order valence-electron chi connectivity index (χ3n) is 4.63. The van der Waals surface area contributed by atoms with E-state index in [1.54, 1.807) is 0 Å². The summed E-state index contributed by atoms with van der Waals surface area (Å²) in [6, 6.07) is 17.3. The van der Waals surface area contributed by atoms with Crippen molar-refractivity contribution in [3.63, 3.8) is 0 Å². The number of carbonyl (C=O) groups excluding carboxylic acids is 1. The van der Waals surface area contributed by atoms with Crippen molar-refractivity contribution in [2.24, 2.45) is 5.92 Å². The van der Waals surface area contributed by atoms with Crippen LogP contribution < -0.4 is 5.32 Å². The predicted molar refractivity (Wildman–Crippen MR) is 112 cm³/mol. The van der Waals surface area contributed by atoms with Gasteiger partial charge in [0, 0.05) is 17.1 Å². The van der Waals surface area contributed by atoms with Crippen LogP contribution in [0.2, 0.25) is 5.02 Å². The second kappa shape index (κ2) is 10.8. The van der Waals surface area contributed by atoms with Crippen LogP contribution in [0.25, 0.3) is 11.6 Å². The van der Waals surface area contributed by atoms with Gasteiger partial charge in [-0.05, 0) is 35.6 Å². The lowest BCUT2D eigenvalue weighted by Gasteiger charge is -2.16. The van der Waals surface area contributed by atoms with Crippen molar-refractivity contribution < 1.29 is 4.79 Å². The zero-order valence-electron chi connectivity index (χ0n) is 15.7. The summed E-state index contributed by atoms with van der Waals surface area (Å²) in [5.74, 6) is 0.474. The fourth-order valence-electron chi connectivity index (χ4n) is 2.92. The first-order chi connectivity index (χ1) is 12.7. The highest BCUT2D eigenvalue weighted by Gasteiger charge is 2.14. The maximum Gasteiger partial charge on any atom is 0.251 e. The normalized spacial score (nSPS) is 12.7. The molecular formula is C23H28ClNO. The van der Waals surface area contributed by atoms with Gasteiger partial charge in [0.15, 0.2) is 0 Å². The summed E-state index contributed by atoms with van der Waals surface area (Å²) in [6.07, 6.45) is 6.50. The Morgan fingerprint density at radius 2 is 1.77 bits per heavy atom. The third-order valence-corrected chi connectivity index (χ3v) is 4.97. The number of carbonyl (C=O) groups is 1. The topological polar surface area (TPSA) is 29.1 Å². The summed E-state index contributed by atoms with van der Waals surface area (Å²) in [4.78, 5) is 12.9. The van der Waals surface area contributed by atoms with Crippen LogP contribution in [0.4, 0.5) is 0 Å². The smallest absolute Gasteiger partial charge is 0.251 e. The van der Waals surface area contributed by atoms with E-state index in [0.717, 1.165) is 24.0 Å². The molecule has 138 valence electrons. The molecule has 2 aromatic rings. The van der Waals surface area contributed by atoms with Gasteiger partial charge in [0.1, 0.15) is 0 Å². The quantitative estimate of drug-likeness (QED) is 0.413. The molecule has 1 N–H and O–H groups in total. The van der Waals surface area contributed by atoms with Gasteiger partial charge in [-0.1, -0.05) is 93.2 Å². The Morgan fingerprint density at radius 3 is 2.42 bits per heavy atom. The number of amides is 1. The van der Waals surface area contributed by atoms with E-state index in [2.05, 4.69) is 19.2 Å². The van der Waals surface area contributed by atoms with E-state index in [1.165, 1.54) is 12.8 Å². The van der Waals surface area contributed by atoms with Gasteiger partial charge in [-0.25, -0.2) is 0 Å². The van der Waals surface area contributed by atoms with Crippen LogP contribution in [0.15, 0.2) is 54.6 Å². The third kappa shape index (κ3) is 6.03. The monoisotopic (exact) mass is 369 g/mol. The Bertz CT molecular complexity index is 724. The van der Waals surface area contributed by atoms with Gasteiger partial charge in [0.25, 0.3) is 5.91 Å². The molecule has 0 aromatic heterocycles. The molecule has 0 spiro atoms. The van der Waals surface area contributed by atoms with E-state index >= 15 is 0 Å². The largest absolute Gasteiger partial charge is 0.352 e. The Morgan fingerprint density at radius 1 is 1.08 bits per heavy atom. The number of hydrogen-bond acceptors (Lipinski definition) is 1. The van der Waals surface area contributed by atoms with Gasteiger partial charge in [-0.3, -0.25) is 4.79 Å². The molecule has 0 aliphatic rings. The van der Waals surface area contributed by atoms with Crippen molar-refractivity contribution in [3.8, 4) is 0 Å². The van der Waals surface area contributed by atoms with Crippen LogP contribution in [0, 0.1) is 5.92 Å². The van der Waals surface area contributed by atoms with Crippen molar-refractivity contribution in [3.05, 3.63) is 70.7 Å². The lowest BCUT2D eigenvalue weighted by Crippen LogP contribution is -2.29. The van der Waals surface area contributed by atoms with Crippen molar-refractivity contribution in [1.29, 1.82) is 0 Å². The minimum atomic E-state index is -0.0499. The van der Waals surface area contributed by atoms with Crippen molar-refractivity contribution >= 4 is 29.2 Å². The van der Waals surface area contributed by atoms with Gasteiger partial charge in [0.2, 0.25) is 0 Å². The molecule has 0 saturated carbocycles. The second-order valence-electron chi connectivity index (χ2n) is 6.57. The van der Waals surface area contributed by atoms with Crippen LogP contribution in [0.5, 0.6) is 0 Å². The lowest BCUT2D eigenvalue weighted by atomic mass is 9.98. The van der Waals surface area contributed by atoms with Gasteiger partial charge in [-0.15, -0.1) is 0 Å². The molecule has 1 atom stereocenters. The molecule has 0 heterocycles. The second-order valence-corrected chi connectivity index (χ2v) is 6.98. The van der Waals surface area contributed by atoms with Crippen LogP contribution in [-0.4, -0.2) is 12.5 Å². The van der Waals surface area contributed by atoms with E-state index in [0.29, 0.717) is 23.1 Å². The molecule has 26 heavy (non-hydrogen) atoms. The average molecular weight is 370 g/mol. The van der Waals surface area contributed by atoms with Crippen molar-refractivity contribution in [1.82, 2.24) is 5.32 Å². The molecule has 1 amide bonds. The summed E-state index contributed by atoms with van der Waals surface area (Å²) < 4.78 is 0. The first-order valence-corrected chi connectivity index (χ1v) is 9.83. The van der Waals surface area contributed by atoms with Gasteiger partial charge in [-0.2, -0.15) is 0 Å². The van der Waals surface area contributed by atoms with Crippen LogP contribution in [0.1, 0.15) is 50.7 Å². The molecule has 0 fully saturated rings. The predicted octanol–water partition coefficient (Wildman–Crippen LogP) is 6.21. The SMILES string of the molecule is CCCC[C@@H](CC)CNC(=O)/C(=C/c1ccccc1Cl)c1ccccc1. The Hall–Kier alpha value is -2.06. The standard InChI is InChI=1S/C23H28ClNO/c1-3-5-11-18(4-2)17-25-23(26)21(19-12-7-6-8-13-19)16-20-14-9-10-15-22(20)24/h6-10,12-16,18H,3-5,11,17H2,1-2H3,(H,25,26)/b21-16+/t18-/m1/s1. The molecule has 0 bridgehead atoms. The molecule has 0 unspecified atom stereocenters. The summed E-state index contributed by atoms with van der Waals surface area (Å²) in [7, 11) is 0. The molecule has 0 radical (unpaired) electrons. The summed E-state index contributed by atoms with van der Waals surface area (Å²) in [5, 5.41) is 3.77. The molecule has 3 heteroatoms. The fraction of sp³-hybridized carbons (Fsp3) is 0.348. The van der Waals surface area contributed by atoms with Crippen LogP contribution in [-0.2, 0) is 4.79 Å². The van der Waals surface area contributed by atoms with E-state index in [4.69, 9.17) is 11.6 Å². The zero-order chi connectivity index (χ0) is 18.8. The highest BCUT2D eigenvalue weighted by molar-refractivity contribution is 6.33. The summed E-state index contributed by atoms with van der Waals surface area (Å²) >= 11 is 6.29. The molecule has 2 nitrogen and oxygen atoms in total. The molecule has 0 saturated heterocycles. The number of hydrogen-bond donors (Lipinski definition) is 1. The number of rotatable bonds is 9. The number of benzene rings is 2. The maximum atomic E-state index is 12.9. The van der Waals surface area contributed by atoms with E-state index in [1.807, 2.05) is 60.7 Å². The van der Waals surface area contributed by atoms with E-state index in [-0.39, 0.29) is 5.91 Å². The Labute approximate surface area is 162 Å². The molecular weight excluding hydrogens is 342 g/mol. The van der Waals surface area contributed by atoms with E-state index in [9.17, 15) is 4.79 Å². The average Bonchev–Trinajstić information content (AvgIpc) is 2.68. The van der Waals surface area contributed by atoms with Gasteiger partial charge >= 0.3 is 0 Å². The molecule has 0 aliphatic carbocycles. The molecule has 0 aliphatic heterocycles. The molecule has 2 aromatic carbocycles. The first kappa shape index (κ1) is 20.3. The highest BCUT2D eigenvalue weighted by Crippen LogP contribution is 2.23. The first-order valence-electron chi connectivity index (χ1n) is 9.45. The van der Waals surface area contributed by atoms with Gasteiger partial charge < -0.3 is 5.32 Å². The number of nitrogens with one attached hydrogen (secondary N) is 1. The Kier molecular flexibility index (Phi) is 8.43. The molecule has 2 rings (SSSR count). The summed E-state index contributed by atoms with van der Waals surface area (Å²) in [6.45, 7) is 5.09. The minimum Gasteiger partial charge on any atom is -0.352 e. The van der Waals surface area contributed by atoms with Crippen molar-refractivity contribution in [2.75, 3.05) is 6.54 Å². The number of halogens is 1. The Balaban J connectivity index is 2.21. The van der Waals surface area contributed by atoms with Crippen molar-refractivity contribution in [2.45, 2.75) is 39.5 Å². The fourth-order valence-corrected chi connectivity index (χ4v) is 3.11. The van der Waals surface area contributed by atoms with Gasteiger partial charge in [0.05, 0.1) is 0 Å².